The molecule has 1 aliphatic rings. The van der Waals surface area contributed by atoms with Gasteiger partial charge in [0.05, 0.1) is 32.3 Å². The molecule has 0 spiro atoms. The first-order valence-corrected chi connectivity index (χ1v) is 12.1. The van der Waals surface area contributed by atoms with E-state index in [9.17, 15) is 19.2 Å². The van der Waals surface area contributed by atoms with E-state index in [2.05, 4.69) is 51.6 Å². The van der Waals surface area contributed by atoms with E-state index in [4.69, 9.17) is 9.57 Å². The van der Waals surface area contributed by atoms with Gasteiger partial charge in [-0.2, -0.15) is 9.41 Å². The first-order chi connectivity index (χ1) is 15.7. The number of esters is 1. The van der Waals surface area contributed by atoms with Crippen LogP contribution < -0.4 is 10.2 Å². The summed E-state index contributed by atoms with van der Waals surface area (Å²) < 4.78 is 7.19. The lowest BCUT2D eigenvalue weighted by Gasteiger charge is -2.09. The number of nitrogens with one attached hydrogen (secondary N) is 1. The molecule has 1 saturated heterocycles. The molecule has 1 aromatic carbocycles. The van der Waals surface area contributed by atoms with Gasteiger partial charge >= 0.3 is 18.0 Å². The number of hydrogen-bond acceptors (Lipinski definition) is 7. The molecule has 3 amide bonds. The number of hydroxylamine groups is 1. The van der Waals surface area contributed by atoms with Crippen LogP contribution in [0.4, 0.5) is 4.79 Å². The maximum absolute atomic E-state index is 12.0. The van der Waals surface area contributed by atoms with E-state index in [1.165, 1.54) is 6.08 Å². The number of urea groups is 1. The van der Waals surface area contributed by atoms with Gasteiger partial charge in [0, 0.05) is 19.4 Å². The Hall–Kier alpha value is -2.24. The van der Waals surface area contributed by atoms with Gasteiger partial charge in [0.15, 0.2) is 0 Å². The second-order valence-corrected chi connectivity index (χ2v) is 9.04. The van der Waals surface area contributed by atoms with Gasteiger partial charge in [-0.15, -0.1) is 0 Å². The van der Waals surface area contributed by atoms with Gasteiger partial charge < -0.3 is 9.57 Å². The molecule has 1 unspecified atom stereocenters. The summed E-state index contributed by atoms with van der Waals surface area (Å²) in [5.74, 6) is -0.338. The lowest BCUT2D eigenvalue weighted by molar-refractivity contribution is -0.151. The summed E-state index contributed by atoms with van der Waals surface area (Å²) in [6.07, 6.45) is 5.04. The average molecular weight is 589 g/mol. The number of nitrogens with zero attached hydrogens (tertiary/aromatic N) is 2. The van der Waals surface area contributed by atoms with Gasteiger partial charge in [-0.05, 0) is 42.5 Å². The highest BCUT2D eigenvalue weighted by Gasteiger charge is 2.39. The van der Waals surface area contributed by atoms with Crippen molar-refractivity contribution in [3.05, 3.63) is 35.5 Å². The van der Waals surface area contributed by atoms with Gasteiger partial charge in [0.2, 0.25) is 0 Å². The van der Waals surface area contributed by atoms with Crippen molar-refractivity contribution in [2.75, 3.05) is 6.54 Å². The molecule has 1 aromatic rings. The van der Waals surface area contributed by atoms with Crippen LogP contribution in [0, 0.1) is 5.92 Å². The molecule has 1 fully saturated rings. The highest BCUT2D eigenvalue weighted by Crippen LogP contribution is 2.29. The Kier molecular flexibility index (Phi) is 11.0. The van der Waals surface area contributed by atoms with Crippen LogP contribution in [0.5, 0.6) is 5.75 Å². The van der Waals surface area contributed by atoms with E-state index >= 15 is 0 Å². The number of rotatable bonds is 12. The van der Waals surface area contributed by atoms with Crippen molar-refractivity contribution in [2.24, 2.45) is 5.92 Å². The van der Waals surface area contributed by atoms with E-state index in [-0.39, 0.29) is 24.1 Å². The molecule has 1 atom stereocenters. The topological polar surface area (TPSA) is 105 Å². The van der Waals surface area contributed by atoms with Crippen molar-refractivity contribution in [3.8, 4) is 5.75 Å². The van der Waals surface area contributed by atoms with Gasteiger partial charge in [-0.1, -0.05) is 38.8 Å². The molecule has 0 aromatic heterocycles. The smallest absolute Gasteiger partial charge is 0.352 e. The number of ether oxygens (including phenoxy) is 1. The van der Waals surface area contributed by atoms with E-state index in [0.717, 1.165) is 14.3 Å². The lowest BCUT2D eigenvalue weighted by atomic mass is 10.1. The Labute approximate surface area is 210 Å². The van der Waals surface area contributed by atoms with Gasteiger partial charge in [-0.3, -0.25) is 14.4 Å². The maximum atomic E-state index is 12.0. The third-order valence-corrected chi connectivity index (χ3v) is 6.25. The summed E-state index contributed by atoms with van der Waals surface area (Å²) in [5, 5.41) is 0. The van der Waals surface area contributed by atoms with Crippen LogP contribution in [0.1, 0.15) is 57.9 Å². The fourth-order valence-corrected chi connectivity index (χ4v) is 3.68. The summed E-state index contributed by atoms with van der Waals surface area (Å²) in [7, 11) is 0. The molecule has 11 heteroatoms. The lowest BCUT2D eigenvalue weighted by Crippen LogP contribution is -2.24. The van der Waals surface area contributed by atoms with Crippen molar-refractivity contribution < 1.29 is 28.8 Å². The number of imide groups is 1. The van der Waals surface area contributed by atoms with Crippen molar-refractivity contribution in [3.63, 3.8) is 0 Å². The standard InChI is InChI=1S/C22H27Br2N3O6/c1-3-15(2)14-25-33-20(29)8-6-4-5-7-19(28)32-17-11-9-16(10-12-17)13-18-21(30)27(24)22(31)26(18)23/h9-13,15,25H,3-8,14H2,1-2H3/b18-13+. The predicted molar refractivity (Wildman–Crippen MR) is 129 cm³/mol. The highest BCUT2D eigenvalue weighted by atomic mass is 79.9. The van der Waals surface area contributed by atoms with Crippen molar-refractivity contribution in [1.29, 1.82) is 0 Å². The van der Waals surface area contributed by atoms with Crippen LogP contribution in [-0.2, 0) is 19.2 Å². The second kappa shape index (κ2) is 13.5. The van der Waals surface area contributed by atoms with Crippen molar-refractivity contribution in [2.45, 2.75) is 52.4 Å². The largest absolute Gasteiger partial charge is 0.427 e. The number of halogens is 2. The Balaban J connectivity index is 1.68. The van der Waals surface area contributed by atoms with Crippen molar-refractivity contribution in [1.82, 2.24) is 13.3 Å². The quantitative estimate of drug-likeness (QED) is 0.0707. The minimum atomic E-state index is -0.549. The summed E-state index contributed by atoms with van der Waals surface area (Å²) >= 11 is 5.94. The summed E-state index contributed by atoms with van der Waals surface area (Å²) in [4.78, 5) is 52.4. The highest BCUT2D eigenvalue weighted by molar-refractivity contribution is 9.08. The van der Waals surface area contributed by atoms with E-state index < -0.39 is 11.9 Å². The molecular formula is C22H27Br2N3O6. The van der Waals surface area contributed by atoms with Crippen LogP contribution >= 0.6 is 32.3 Å². The van der Waals surface area contributed by atoms with Crippen LogP contribution in [0.15, 0.2) is 30.0 Å². The minimum Gasteiger partial charge on any atom is -0.427 e. The molecule has 180 valence electrons. The van der Waals surface area contributed by atoms with Gasteiger partial charge in [0.25, 0.3) is 5.91 Å². The van der Waals surface area contributed by atoms with E-state index in [0.29, 0.717) is 49.5 Å². The monoisotopic (exact) mass is 587 g/mol. The Morgan fingerprint density at radius 1 is 1.03 bits per heavy atom. The zero-order valence-corrected chi connectivity index (χ0v) is 21.7. The van der Waals surface area contributed by atoms with E-state index in [1.54, 1.807) is 24.3 Å². The SMILES string of the molecule is CCC(C)CNOC(=O)CCCCCC(=O)Oc1ccc(/C=C2\C(=O)N(Br)C(=O)N2Br)cc1. The molecule has 9 nitrogen and oxygen atoms in total. The molecule has 2 rings (SSSR count). The molecule has 0 bridgehead atoms. The van der Waals surface area contributed by atoms with Crippen LogP contribution in [-0.4, -0.2) is 38.3 Å². The van der Waals surface area contributed by atoms with Crippen LogP contribution in [0.3, 0.4) is 0 Å². The Bertz CT molecular complexity index is 891. The average Bonchev–Trinajstić information content (AvgIpc) is 2.97. The van der Waals surface area contributed by atoms with Crippen LogP contribution in [0.2, 0.25) is 0 Å². The molecule has 1 N–H and O–H groups in total. The zero-order chi connectivity index (χ0) is 24.4. The third-order valence-electron chi connectivity index (χ3n) is 4.94. The minimum absolute atomic E-state index is 0.150. The zero-order valence-electron chi connectivity index (χ0n) is 18.5. The Morgan fingerprint density at radius 2 is 1.67 bits per heavy atom. The fourth-order valence-electron chi connectivity index (χ4n) is 2.72. The number of carbonyl (C=O) groups excluding carboxylic acids is 4. The molecule has 0 saturated carbocycles. The number of benzene rings is 1. The number of unbranched alkanes of at least 4 members (excludes halogenated alkanes) is 2. The number of hydrogen-bond donors (Lipinski definition) is 1. The first-order valence-electron chi connectivity index (χ1n) is 10.7. The van der Waals surface area contributed by atoms with Crippen molar-refractivity contribution >= 4 is 62.2 Å². The molecule has 1 heterocycles. The summed E-state index contributed by atoms with van der Waals surface area (Å²) in [5.41, 5.74) is 3.49. The summed E-state index contributed by atoms with van der Waals surface area (Å²) in [6, 6.07) is 6.02. The maximum Gasteiger partial charge on any atom is 0.352 e. The summed E-state index contributed by atoms with van der Waals surface area (Å²) in [6.45, 7) is 4.78. The van der Waals surface area contributed by atoms with Gasteiger partial charge in [0.1, 0.15) is 11.4 Å². The first kappa shape index (κ1) is 27.0. The molecular weight excluding hydrogens is 562 g/mol. The fraction of sp³-hybridized carbons (Fsp3) is 0.455. The molecule has 0 radical (unpaired) electrons. The molecule has 0 aliphatic carbocycles. The van der Waals surface area contributed by atoms with Gasteiger partial charge in [-0.25, -0.2) is 8.72 Å². The predicted octanol–water partition coefficient (Wildman–Crippen LogP) is 4.86. The Morgan fingerprint density at radius 3 is 2.24 bits per heavy atom. The van der Waals surface area contributed by atoms with Crippen LogP contribution in [0.25, 0.3) is 6.08 Å². The normalized spacial score (nSPS) is 15.8. The van der Waals surface area contributed by atoms with E-state index in [1.807, 2.05) is 0 Å². The molecule has 33 heavy (non-hydrogen) atoms. The second-order valence-electron chi connectivity index (χ2n) is 7.62. The third kappa shape index (κ3) is 8.56. The number of carbonyl (C=O) groups is 4. The number of amides is 3. The molecule has 1 aliphatic heterocycles.